The molecule has 0 aromatic rings. The molecule has 0 heterocycles. The number of allylic oxidation sites excluding steroid dienone is 1. The van der Waals surface area contributed by atoms with Crippen molar-refractivity contribution in [3.63, 3.8) is 0 Å². The SMILES string of the molecule is CC(C)(O)C=CCC=O. The highest BCUT2D eigenvalue weighted by molar-refractivity contribution is 5.51. The molecule has 0 radical (unpaired) electrons. The highest BCUT2D eigenvalue weighted by Crippen LogP contribution is 2.01. The molecule has 2 nitrogen and oxygen atoms in total. The zero-order chi connectivity index (χ0) is 7.33. The normalized spacial score (nSPS) is 12.3. The maximum atomic E-state index is 9.76. The first-order valence-corrected chi connectivity index (χ1v) is 2.90. The molecule has 0 fully saturated rings. The maximum absolute atomic E-state index is 9.76. The van der Waals surface area contributed by atoms with Crippen molar-refractivity contribution >= 4 is 6.29 Å². The summed E-state index contributed by atoms with van der Waals surface area (Å²) in [6.07, 6.45) is 4.42. The molecule has 0 saturated heterocycles. The second kappa shape index (κ2) is 3.41. The molecule has 0 aromatic carbocycles. The summed E-state index contributed by atoms with van der Waals surface area (Å²) in [6.45, 7) is 3.32. The van der Waals surface area contributed by atoms with Gasteiger partial charge in [0.1, 0.15) is 6.29 Å². The van der Waals surface area contributed by atoms with Gasteiger partial charge in [-0.2, -0.15) is 0 Å². The molecule has 0 rings (SSSR count). The van der Waals surface area contributed by atoms with E-state index < -0.39 is 5.60 Å². The van der Waals surface area contributed by atoms with Crippen LogP contribution >= 0.6 is 0 Å². The molecule has 0 spiro atoms. The monoisotopic (exact) mass is 128 g/mol. The predicted octanol–water partition coefficient (Wildman–Crippen LogP) is 0.902. The van der Waals surface area contributed by atoms with Crippen LogP contribution in [0.5, 0.6) is 0 Å². The number of hydrogen-bond donors (Lipinski definition) is 1. The van der Waals surface area contributed by atoms with Crippen LogP contribution in [0.25, 0.3) is 0 Å². The van der Waals surface area contributed by atoms with Gasteiger partial charge in [-0.15, -0.1) is 0 Å². The minimum atomic E-state index is -0.789. The average Bonchev–Trinajstić information content (AvgIpc) is 1.63. The Labute approximate surface area is 55.2 Å². The van der Waals surface area contributed by atoms with Gasteiger partial charge >= 0.3 is 0 Å². The van der Waals surface area contributed by atoms with Crippen LogP contribution in [0.3, 0.4) is 0 Å². The lowest BCUT2D eigenvalue weighted by molar-refractivity contribution is -0.107. The van der Waals surface area contributed by atoms with Crippen LogP contribution in [0, 0.1) is 0 Å². The first kappa shape index (κ1) is 8.37. The Morgan fingerprint density at radius 1 is 1.56 bits per heavy atom. The summed E-state index contributed by atoms with van der Waals surface area (Å²) < 4.78 is 0. The van der Waals surface area contributed by atoms with Gasteiger partial charge in [0.05, 0.1) is 5.60 Å². The van der Waals surface area contributed by atoms with Gasteiger partial charge in [0.2, 0.25) is 0 Å². The zero-order valence-electron chi connectivity index (χ0n) is 5.79. The molecular weight excluding hydrogens is 116 g/mol. The van der Waals surface area contributed by atoms with E-state index in [0.29, 0.717) is 6.42 Å². The molecule has 2 heteroatoms. The maximum Gasteiger partial charge on any atom is 0.123 e. The minimum Gasteiger partial charge on any atom is -0.386 e. The van der Waals surface area contributed by atoms with Crippen molar-refractivity contribution < 1.29 is 9.90 Å². The fourth-order valence-corrected chi connectivity index (χ4v) is 0.412. The quantitative estimate of drug-likeness (QED) is 0.453. The van der Waals surface area contributed by atoms with Gasteiger partial charge in [-0.05, 0) is 13.8 Å². The zero-order valence-corrected chi connectivity index (χ0v) is 5.79. The van der Waals surface area contributed by atoms with E-state index in [0.717, 1.165) is 6.29 Å². The van der Waals surface area contributed by atoms with Crippen molar-refractivity contribution in [3.05, 3.63) is 12.2 Å². The number of rotatable bonds is 3. The molecule has 0 bridgehead atoms. The van der Waals surface area contributed by atoms with E-state index in [2.05, 4.69) is 0 Å². The second-order valence-electron chi connectivity index (χ2n) is 2.46. The smallest absolute Gasteiger partial charge is 0.123 e. The topological polar surface area (TPSA) is 37.3 Å². The lowest BCUT2D eigenvalue weighted by Crippen LogP contribution is -2.13. The minimum absolute atomic E-state index is 0.379. The van der Waals surface area contributed by atoms with Crippen LogP contribution in [-0.2, 0) is 4.79 Å². The molecule has 0 saturated carbocycles. The number of carbonyl (C=O) groups is 1. The van der Waals surface area contributed by atoms with Crippen molar-refractivity contribution in [2.24, 2.45) is 0 Å². The number of aliphatic hydroxyl groups is 1. The van der Waals surface area contributed by atoms with Crippen molar-refractivity contribution in [1.82, 2.24) is 0 Å². The van der Waals surface area contributed by atoms with Gasteiger partial charge in [-0.25, -0.2) is 0 Å². The Morgan fingerprint density at radius 2 is 2.11 bits per heavy atom. The Balaban J connectivity index is 3.57. The Morgan fingerprint density at radius 3 is 2.44 bits per heavy atom. The highest BCUT2D eigenvalue weighted by atomic mass is 16.3. The molecule has 0 aromatic heterocycles. The van der Waals surface area contributed by atoms with Crippen molar-refractivity contribution in [2.75, 3.05) is 0 Å². The van der Waals surface area contributed by atoms with E-state index in [-0.39, 0.29) is 0 Å². The van der Waals surface area contributed by atoms with Gasteiger partial charge in [0.25, 0.3) is 0 Å². The van der Waals surface area contributed by atoms with E-state index in [4.69, 9.17) is 5.11 Å². The second-order valence-corrected chi connectivity index (χ2v) is 2.46. The molecule has 52 valence electrons. The van der Waals surface area contributed by atoms with Crippen molar-refractivity contribution in [3.8, 4) is 0 Å². The third-order valence-electron chi connectivity index (χ3n) is 0.758. The molecular formula is C7H12O2. The summed E-state index contributed by atoms with van der Waals surface area (Å²) in [4.78, 5) is 9.76. The molecule has 0 unspecified atom stereocenters. The average molecular weight is 128 g/mol. The highest BCUT2D eigenvalue weighted by Gasteiger charge is 2.04. The molecule has 0 aliphatic heterocycles. The van der Waals surface area contributed by atoms with Crippen LogP contribution in [0.2, 0.25) is 0 Å². The van der Waals surface area contributed by atoms with Gasteiger partial charge in [-0.1, -0.05) is 12.2 Å². The molecule has 0 aliphatic rings. The summed E-state index contributed by atoms with van der Waals surface area (Å²) in [7, 11) is 0. The summed E-state index contributed by atoms with van der Waals surface area (Å²) in [6, 6.07) is 0. The Bertz CT molecular complexity index is 109. The fraction of sp³-hybridized carbons (Fsp3) is 0.571. The number of aldehydes is 1. The molecule has 1 N–H and O–H groups in total. The number of hydrogen-bond acceptors (Lipinski definition) is 2. The Kier molecular flexibility index (Phi) is 3.17. The van der Waals surface area contributed by atoms with Gasteiger partial charge in [-0.3, -0.25) is 0 Å². The summed E-state index contributed by atoms with van der Waals surface area (Å²) in [5.41, 5.74) is -0.789. The molecule has 0 aliphatic carbocycles. The lowest BCUT2D eigenvalue weighted by Gasteiger charge is -2.08. The summed E-state index contributed by atoms with van der Waals surface area (Å²) in [5, 5.41) is 9.04. The molecule has 0 atom stereocenters. The van der Waals surface area contributed by atoms with E-state index >= 15 is 0 Å². The summed E-state index contributed by atoms with van der Waals surface area (Å²) in [5.74, 6) is 0. The molecule has 0 amide bonds. The first-order chi connectivity index (χ1) is 4.06. The van der Waals surface area contributed by atoms with Crippen LogP contribution in [0.4, 0.5) is 0 Å². The lowest BCUT2D eigenvalue weighted by atomic mass is 10.1. The third-order valence-corrected chi connectivity index (χ3v) is 0.758. The third kappa shape index (κ3) is 7.37. The fourth-order valence-electron chi connectivity index (χ4n) is 0.412. The van der Waals surface area contributed by atoms with Crippen LogP contribution in [-0.4, -0.2) is 17.0 Å². The van der Waals surface area contributed by atoms with E-state index in [1.54, 1.807) is 26.0 Å². The van der Waals surface area contributed by atoms with E-state index in [9.17, 15) is 4.79 Å². The standard InChI is InChI=1S/C7H12O2/c1-7(2,9)5-3-4-6-8/h3,5-6,9H,4H2,1-2H3. The van der Waals surface area contributed by atoms with Crippen molar-refractivity contribution in [1.29, 1.82) is 0 Å². The largest absolute Gasteiger partial charge is 0.386 e. The van der Waals surface area contributed by atoms with E-state index in [1.807, 2.05) is 0 Å². The summed E-state index contributed by atoms with van der Waals surface area (Å²) >= 11 is 0. The van der Waals surface area contributed by atoms with Gasteiger partial charge in [0.15, 0.2) is 0 Å². The van der Waals surface area contributed by atoms with Gasteiger partial charge in [0, 0.05) is 6.42 Å². The van der Waals surface area contributed by atoms with E-state index in [1.165, 1.54) is 0 Å². The first-order valence-electron chi connectivity index (χ1n) is 2.90. The predicted molar refractivity (Wildman–Crippen MR) is 36.1 cm³/mol. The van der Waals surface area contributed by atoms with Crippen molar-refractivity contribution in [2.45, 2.75) is 25.9 Å². The van der Waals surface area contributed by atoms with Gasteiger partial charge < -0.3 is 9.90 Å². The van der Waals surface area contributed by atoms with Crippen LogP contribution in [0.15, 0.2) is 12.2 Å². The Hall–Kier alpha value is -0.630. The molecule has 9 heavy (non-hydrogen) atoms. The number of carbonyl (C=O) groups excluding carboxylic acids is 1. The van der Waals surface area contributed by atoms with Crippen LogP contribution < -0.4 is 0 Å². The van der Waals surface area contributed by atoms with Crippen LogP contribution in [0.1, 0.15) is 20.3 Å².